The molecule has 0 saturated carbocycles. The van der Waals surface area contributed by atoms with E-state index < -0.39 is 6.10 Å². The van der Waals surface area contributed by atoms with Gasteiger partial charge in [0.15, 0.2) is 0 Å². The van der Waals surface area contributed by atoms with Gasteiger partial charge in [0.2, 0.25) is 0 Å². The summed E-state index contributed by atoms with van der Waals surface area (Å²) >= 11 is 0. The number of carbonyl (C=O) groups is 1. The van der Waals surface area contributed by atoms with Gasteiger partial charge in [-0.1, -0.05) is 60.7 Å². The van der Waals surface area contributed by atoms with Gasteiger partial charge < -0.3 is 15.8 Å². The predicted octanol–water partition coefficient (Wildman–Crippen LogP) is 1.87. The van der Waals surface area contributed by atoms with Crippen molar-refractivity contribution in [1.82, 2.24) is 5.32 Å². The zero-order valence-corrected chi connectivity index (χ0v) is 12.0. The monoisotopic (exact) mass is 284 g/mol. The molecule has 0 spiro atoms. The van der Waals surface area contributed by atoms with Crippen molar-refractivity contribution >= 4 is 5.91 Å². The lowest BCUT2D eigenvalue weighted by Gasteiger charge is -2.22. The second-order valence-electron chi connectivity index (χ2n) is 4.72. The average Bonchev–Trinajstić information content (AvgIpc) is 2.55. The minimum absolute atomic E-state index is 0.151. The Morgan fingerprint density at radius 1 is 1.05 bits per heavy atom. The molecule has 0 saturated heterocycles. The number of amides is 1. The van der Waals surface area contributed by atoms with Gasteiger partial charge in [-0.25, -0.2) is 0 Å². The summed E-state index contributed by atoms with van der Waals surface area (Å²) in [6.07, 6.45) is -0.639. The van der Waals surface area contributed by atoms with Crippen molar-refractivity contribution in [2.24, 2.45) is 5.73 Å². The van der Waals surface area contributed by atoms with Crippen LogP contribution in [0.4, 0.5) is 0 Å². The second kappa shape index (κ2) is 7.57. The largest absolute Gasteiger partial charge is 0.370 e. The Labute approximate surface area is 124 Å². The molecule has 21 heavy (non-hydrogen) atoms. The summed E-state index contributed by atoms with van der Waals surface area (Å²) in [6, 6.07) is 19.4. The van der Waals surface area contributed by atoms with Crippen LogP contribution in [0.1, 0.15) is 17.2 Å². The number of nitrogens with two attached hydrogens (primary N) is 1. The average molecular weight is 284 g/mol. The first-order valence-electron chi connectivity index (χ1n) is 6.89. The van der Waals surface area contributed by atoms with Gasteiger partial charge in [0, 0.05) is 13.7 Å². The highest BCUT2D eigenvalue weighted by molar-refractivity contribution is 5.81. The van der Waals surface area contributed by atoms with Gasteiger partial charge in [0.05, 0.1) is 6.04 Å². The summed E-state index contributed by atoms with van der Waals surface area (Å²) in [7, 11) is 1.48. The molecule has 1 amide bonds. The molecule has 2 aromatic carbocycles. The molecule has 3 N–H and O–H groups in total. The van der Waals surface area contributed by atoms with E-state index in [-0.39, 0.29) is 18.5 Å². The van der Waals surface area contributed by atoms with Crippen LogP contribution >= 0.6 is 0 Å². The maximum Gasteiger partial charge on any atom is 0.251 e. The Morgan fingerprint density at radius 3 is 1.90 bits per heavy atom. The Bertz CT molecular complexity index is 514. The standard InChI is InChI=1S/C17H20N2O2/c1-21-15(12-18)17(20)19-16(13-8-4-2-5-9-13)14-10-6-3-7-11-14/h2-11,15-16H,12,18H2,1H3,(H,19,20). The zero-order chi connectivity index (χ0) is 15.1. The van der Waals surface area contributed by atoms with Crippen molar-refractivity contribution in [3.63, 3.8) is 0 Å². The number of methoxy groups -OCH3 is 1. The lowest BCUT2D eigenvalue weighted by atomic mass is 9.98. The second-order valence-corrected chi connectivity index (χ2v) is 4.72. The molecule has 2 aromatic rings. The Hall–Kier alpha value is -2.17. The van der Waals surface area contributed by atoms with Crippen LogP contribution in [0.5, 0.6) is 0 Å². The minimum atomic E-state index is -0.639. The molecule has 0 heterocycles. The molecule has 110 valence electrons. The summed E-state index contributed by atoms with van der Waals surface area (Å²) in [5.74, 6) is -0.210. The number of rotatable bonds is 6. The Kier molecular flexibility index (Phi) is 5.49. The third-order valence-electron chi connectivity index (χ3n) is 3.34. The predicted molar refractivity (Wildman–Crippen MR) is 82.7 cm³/mol. The van der Waals surface area contributed by atoms with Gasteiger partial charge in [-0.2, -0.15) is 0 Å². The van der Waals surface area contributed by atoms with E-state index in [0.717, 1.165) is 11.1 Å². The summed E-state index contributed by atoms with van der Waals surface area (Å²) in [5.41, 5.74) is 7.59. The van der Waals surface area contributed by atoms with E-state index in [1.165, 1.54) is 7.11 Å². The van der Waals surface area contributed by atoms with Crippen LogP contribution in [-0.4, -0.2) is 25.7 Å². The van der Waals surface area contributed by atoms with Crippen molar-refractivity contribution in [3.8, 4) is 0 Å². The lowest BCUT2D eigenvalue weighted by Crippen LogP contribution is -2.42. The summed E-state index contributed by atoms with van der Waals surface area (Å²) in [5, 5.41) is 3.01. The van der Waals surface area contributed by atoms with Crippen molar-refractivity contribution < 1.29 is 9.53 Å². The first-order chi connectivity index (χ1) is 10.3. The molecule has 0 aliphatic rings. The minimum Gasteiger partial charge on any atom is -0.370 e. The molecule has 0 bridgehead atoms. The third-order valence-corrected chi connectivity index (χ3v) is 3.34. The normalized spacial score (nSPS) is 12.1. The molecule has 0 radical (unpaired) electrons. The van der Waals surface area contributed by atoms with Crippen LogP contribution in [-0.2, 0) is 9.53 Å². The fourth-order valence-corrected chi connectivity index (χ4v) is 2.20. The van der Waals surface area contributed by atoms with E-state index in [2.05, 4.69) is 5.32 Å². The highest BCUT2D eigenvalue weighted by Gasteiger charge is 2.21. The van der Waals surface area contributed by atoms with Gasteiger partial charge in [0.25, 0.3) is 5.91 Å². The number of benzene rings is 2. The molecular weight excluding hydrogens is 264 g/mol. The molecule has 4 nitrogen and oxygen atoms in total. The van der Waals surface area contributed by atoms with Gasteiger partial charge >= 0.3 is 0 Å². The number of nitrogens with one attached hydrogen (secondary N) is 1. The van der Waals surface area contributed by atoms with Crippen LogP contribution in [0.2, 0.25) is 0 Å². The van der Waals surface area contributed by atoms with Crippen LogP contribution in [0.15, 0.2) is 60.7 Å². The van der Waals surface area contributed by atoms with E-state index in [9.17, 15) is 4.79 Å². The van der Waals surface area contributed by atoms with E-state index in [0.29, 0.717) is 0 Å². The van der Waals surface area contributed by atoms with Gasteiger partial charge in [-0.3, -0.25) is 4.79 Å². The third kappa shape index (κ3) is 3.90. The molecule has 2 rings (SSSR count). The fourth-order valence-electron chi connectivity index (χ4n) is 2.20. The van der Waals surface area contributed by atoms with Crippen molar-refractivity contribution in [3.05, 3.63) is 71.8 Å². The van der Waals surface area contributed by atoms with Crippen LogP contribution in [0.25, 0.3) is 0 Å². The highest BCUT2D eigenvalue weighted by Crippen LogP contribution is 2.21. The first kappa shape index (κ1) is 15.2. The molecule has 0 fully saturated rings. The summed E-state index contributed by atoms with van der Waals surface area (Å²) < 4.78 is 5.10. The number of hydrogen-bond donors (Lipinski definition) is 2. The maximum absolute atomic E-state index is 12.2. The zero-order valence-electron chi connectivity index (χ0n) is 12.0. The number of ether oxygens (including phenoxy) is 1. The van der Waals surface area contributed by atoms with Crippen molar-refractivity contribution in [2.75, 3.05) is 13.7 Å². The van der Waals surface area contributed by atoms with E-state index in [4.69, 9.17) is 10.5 Å². The molecule has 0 aromatic heterocycles. The molecule has 1 unspecified atom stereocenters. The SMILES string of the molecule is COC(CN)C(=O)NC(c1ccccc1)c1ccccc1. The molecule has 0 aliphatic carbocycles. The molecule has 0 aliphatic heterocycles. The smallest absolute Gasteiger partial charge is 0.251 e. The summed E-state index contributed by atoms with van der Waals surface area (Å²) in [4.78, 5) is 12.2. The lowest BCUT2D eigenvalue weighted by molar-refractivity contribution is -0.131. The van der Waals surface area contributed by atoms with Crippen molar-refractivity contribution in [1.29, 1.82) is 0 Å². The Morgan fingerprint density at radius 2 is 1.52 bits per heavy atom. The van der Waals surface area contributed by atoms with E-state index in [1.807, 2.05) is 60.7 Å². The topological polar surface area (TPSA) is 64.3 Å². The molecule has 1 atom stereocenters. The number of carbonyl (C=O) groups excluding carboxylic acids is 1. The maximum atomic E-state index is 12.2. The fraction of sp³-hybridized carbons (Fsp3) is 0.235. The molecule has 4 heteroatoms. The number of hydrogen-bond acceptors (Lipinski definition) is 3. The first-order valence-corrected chi connectivity index (χ1v) is 6.89. The van der Waals surface area contributed by atoms with Gasteiger partial charge in [-0.15, -0.1) is 0 Å². The van der Waals surface area contributed by atoms with Crippen molar-refractivity contribution in [2.45, 2.75) is 12.1 Å². The van der Waals surface area contributed by atoms with Gasteiger partial charge in [-0.05, 0) is 11.1 Å². The van der Waals surface area contributed by atoms with E-state index >= 15 is 0 Å². The van der Waals surface area contributed by atoms with Gasteiger partial charge in [0.1, 0.15) is 6.10 Å². The Balaban J connectivity index is 2.27. The molecular formula is C17H20N2O2. The van der Waals surface area contributed by atoms with Crippen LogP contribution < -0.4 is 11.1 Å². The van der Waals surface area contributed by atoms with Crippen LogP contribution in [0.3, 0.4) is 0 Å². The highest BCUT2D eigenvalue weighted by atomic mass is 16.5. The van der Waals surface area contributed by atoms with Crippen LogP contribution in [0, 0.1) is 0 Å². The van der Waals surface area contributed by atoms with E-state index in [1.54, 1.807) is 0 Å². The summed E-state index contributed by atoms with van der Waals surface area (Å²) in [6.45, 7) is 0.151. The quantitative estimate of drug-likeness (QED) is 0.851.